The number of pyridine rings is 1. The zero-order chi connectivity index (χ0) is 19.3. The van der Waals surface area contributed by atoms with Crippen LogP contribution < -0.4 is 0 Å². The van der Waals surface area contributed by atoms with Gasteiger partial charge in [0.25, 0.3) is 0 Å². The zero-order valence-electron chi connectivity index (χ0n) is 16.0. The Kier molecular flexibility index (Phi) is 6.23. The fraction of sp³-hybridized carbons (Fsp3) is 0.348. The summed E-state index contributed by atoms with van der Waals surface area (Å²) in [5.74, 6) is 0. The van der Waals surface area contributed by atoms with Gasteiger partial charge in [-0.05, 0) is 36.2 Å². The predicted molar refractivity (Wildman–Crippen MR) is 114 cm³/mol. The van der Waals surface area contributed by atoms with E-state index in [1.807, 2.05) is 18.2 Å². The van der Waals surface area contributed by atoms with Crippen molar-refractivity contribution in [2.75, 3.05) is 26.2 Å². The monoisotopic (exact) mass is 395 g/mol. The van der Waals surface area contributed by atoms with E-state index in [1.54, 1.807) is 0 Å². The molecule has 3 aromatic rings. The molecule has 5 heteroatoms. The van der Waals surface area contributed by atoms with Crippen molar-refractivity contribution in [2.24, 2.45) is 0 Å². The Bertz CT molecular complexity index is 918. The second-order valence-electron chi connectivity index (χ2n) is 7.50. The van der Waals surface area contributed by atoms with Gasteiger partial charge in [-0.25, -0.2) is 0 Å². The summed E-state index contributed by atoms with van der Waals surface area (Å²) in [6.45, 7) is 4.96. The van der Waals surface area contributed by atoms with E-state index in [9.17, 15) is 5.11 Å². The van der Waals surface area contributed by atoms with Crippen molar-refractivity contribution in [1.29, 1.82) is 0 Å². The lowest BCUT2D eigenvalue weighted by atomic mass is 10.1. The Morgan fingerprint density at radius 1 is 1.00 bits per heavy atom. The molecule has 1 saturated heterocycles. The number of fused-ring (bicyclic) bond motifs is 1. The third-order valence-corrected chi connectivity index (χ3v) is 5.71. The highest BCUT2D eigenvalue weighted by Crippen LogP contribution is 2.21. The first-order chi connectivity index (χ1) is 13.7. The van der Waals surface area contributed by atoms with Crippen LogP contribution in [-0.2, 0) is 13.1 Å². The predicted octanol–water partition coefficient (Wildman–Crippen LogP) is 3.96. The quantitative estimate of drug-likeness (QED) is 0.685. The fourth-order valence-corrected chi connectivity index (χ4v) is 4.19. The summed E-state index contributed by atoms with van der Waals surface area (Å²) < 4.78 is 0. The highest BCUT2D eigenvalue weighted by atomic mass is 35.5. The highest BCUT2D eigenvalue weighted by Gasteiger charge is 2.26. The number of aromatic nitrogens is 1. The average molecular weight is 396 g/mol. The Morgan fingerprint density at radius 3 is 2.68 bits per heavy atom. The summed E-state index contributed by atoms with van der Waals surface area (Å²) in [6, 6.07) is 20.9. The highest BCUT2D eigenvalue weighted by molar-refractivity contribution is 6.31. The summed E-state index contributed by atoms with van der Waals surface area (Å²) in [7, 11) is 0. The number of aliphatic hydroxyl groups excluding tert-OH is 1. The molecule has 0 bridgehead atoms. The molecule has 1 N–H and O–H groups in total. The first kappa shape index (κ1) is 19.3. The SMILES string of the molecule is OCCC1CN(Cc2ccc3cc(Cl)ccc3n2)CCN1Cc1ccccc1. The number of aliphatic hydroxyl groups is 1. The van der Waals surface area contributed by atoms with Crippen LogP contribution in [0.5, 0.6) is 0 Å². The lowest BCUT2D eigenvalue weighted by Gasteiger charge is -2.41. The molecule has 1 atom stereocenters. The van der Waals surface area contributed by atoms with Crippen LogP contribution in [-0.4, -0.2) is 52.2 Å². The molecule has 1 aliphatic rings. The molecule has 1 unspecified atom stereocenters. The van der Waals surface area contributed by atoms with E-state index >= 15 is 0 Å². The molecule has 2 aromatic carbocycles. The Morgan fingerprint density at radius 2 is 1.86 bits per heavy atom. The van der Waals surface area contributed by atoms with Crippen LogP contribution in [0.2, 0.25) is 5.02 Å². The number of hydrogen-bond acceptors (Lipinski definition) is 4. The van der Waals surface area contributed by atoms with Crippen molar-refractivity contribution >= 4 is 22.5 Å². The molecule has 2 heterocycles. The normalized spacial score (nSPS) is 18.6. The maximum Gasteiger partial charge on any atom is 0.0706 e. The molecule has 1 aliphatic heterocycles. The van der Waals surface area contributed by atoms with E-state index in [-0.39, 0.29) is 6.61 Å². The molecule has 0 radical (unpaired) electrons. The van der Waals surface area contributed by atoms with Gasteiger partial charge >= 0.3 is 0 Å². The maximum absolute atomic E-state index is 9.55. The number of benzene rings is 2. The molecule has 4 rings (SSSR count). The average Bonchev–Trinajstić information content (AvgIpc) is 2.71. The van der Waals surface area contributed by atoms with Crippen molar-refractivity contribution in [1.82, 2.24) is 14.8 Å². The summed E-state index contributed by atoms with van der Waals surface area (Å²) in [6.07, 6.45) is 0.799. The number of rotatable bonds is 6. The van der Waals surface area contributed by atoms with E-state index < -0.39 is 0 Å². The molecule has 0 spiro atoms. The van der Waals surface area contributed by atoms with Crippen molar-refractivity contribution < 1.29 is 5.11 Å². The topological polar surface area (TPSA) is 39.6 Å². The Labute approximate surface area is 171 Å². The van der Waals surface area contributed by atoms with Crippen LogP contribution in [0.15, 0.2) is 60.7 Å². The van der Waals surface area contributed by atoms with Gasteiger partial charge in [-0.1, -0.05) is 48.0 Å². The van der Waals surface area contributed by atoms with Gasteiger partial charge < -0.3 is 5.11 Å². The van der Waals surface area contributed by atoms with Gasteiger partial charge in [-0.15, -0.1) is 0 Å². The van der Waals surface area contributed by atoms with Crippen molar-refractivity contribution in [3.05, 3.63) is 76.9 Å². The minimum atomic E-state index is 0.221. The summed E-state index contributed by atoms with van der Waals surface area (Å²) in [5.41, 5.74) is 3.39. The largest absolute Gasteiger partial charge is 0.396 e. The number of nitrogens with zero attached hydrogens (tertiary/aromatic N) is 3. The van der Waals surface area contributed by atoms with Crippen LogP contribution in [0, 0.1) is 0 Å². The van der Waals surface area contributed by atoms with Gasteiger partial charge in [0.1, 0.15) is 0 Å². The maximum atomic E-state index is 9.55. The summed E-state index contributed by atoms with van der Waals surface area (Å²) in [4.78, 5) is 9.75. The second-order valence-corrected chi connectivity index (χ2v) is 7.93. The Hall–Kier alpha value is -1.98. The first-order valence-corrected chi connectivity index (χ1v) is 10.3. The van der Waals surface area contributed by atoms with Crippen molar-refractivity contribution in [3.63, 3.8) is 0 Å². The fourth-order valence-electron chi connectivity index (χ4n) is 4.01. The molecule has 1 aromatic heterocycles. The number of piperazine rings is 1. The lowest BCUT2D eigenvalue weighted by molar-refractivity contribution is 0.0494. The lowest BCUT2D eigenvalue weighted by Crippen LogP contribution is -2.52. The number of halogens is 1. The Balaban J connectivity index is 1.43. The van der Waals surface area contributed by atoms with Crippen LogP contribution in [0.4, 0.5) is 0 Å². The van der Waals surface area contributed by atoms with Gasteiger partial charge in [-0.3, -0.25) is 14.8 Å². The zero-order valence-corrected chi connectivity index (χ0v) is 16.7. The molecular weight excluding hydrogens is 370 g/mol. The minimum Gasteiger partial charge on any atom is -0.396 e. The summed E-state index contributed by atoms with van der Waals surface area (Å²) >= 11 is 6.07. The van der Waals surface area contributed by atoms with E-state index in [0.29, 0.717) is 6.04 Å². The van der Waals surface area contributed by atoms with Crippen LogP contribution in [0.3, 0.4) is 0 Å². The van der Waals surface area contributed by atoms with Crippen molar-refractivity contribution in [2.45, 2.75) is 25.6 Å². The third kappa shape index (κ3) is 4.70. The van der Waals surface area contributed by atoms with Crippen molar-refractivity contribution in [3.8, 4) is 0 Å². The van der Waals surface area contributed by atoms with Crippen LogP contribution in [0.1, 0.15) is 17.7 Å². The third-order valence-electron chi connectivity index (χ3n) is 5.47. The van der Waals surface area contributed by atoms with Gasteiger partial charge in [0.15, 0.2) is 0 Å². The van der Waals surface area contributed by atoms with E-state index in [4.69, 9.17) is 16.6 Å². The first-order valence-electron chi connectivity index (χ1n) is 9.87. The smallest absolute Gasteiger partial charge is 0.0706 e. The second kappa shape index (κ2) is 9.01. The van der Waals surface area contributed by atoms with Crippen LogP contribution in [0.25, 0.3) is 10.9 Å². The van der Waals surface area contributed by atoms with Gasteiger partial charge in [0, 0.05) is 55.8 Å². The molecule has 1 fully saturated rings. The standard InChI is InChI=1S/C23H26ClN3O/c24-20-7-9-23-19(14-20)6-8-21(25-23)16-26-11-12-27(22(17-26)10-13-28)15-18-4-2-1-3-5-18/h1-9,14,22,28H,10-13,15-17H2. The van der Waals surface area contributed by atoms with Gasteiger partial charge in [-0.2, -0.15) is 0 Å². The van der Waals surface area contributed by atoms with Gasteiger partial charge in [0.05, 0.1) is 11.2 Å². The number of hydrogen-bond donors (Lipinski definition) is 1. The minimum absolute atomic E-state index is 0.221. The molecule has 0 aliphatic carbocycles. The van der Waals surface area contributed by atoms with E-state index in [2.05, 4.69) is 52.3 Å². The van der Waals surface area contributed by atoms with E-state index in [0.717, 1.165) is 60.8 Å². The molecule has 28 heavy (non-hydrogen) atoms. The molecule has 146 valence electrons. The molecule has 4 nitrogen and oxygen atoms in total. The van der Waals surface area contributed by atoms with Gasteiger partial charge in [0.2, 0.25) is 0 Å². The molecular formula is C23H26ClN3O. The molecule has 0 saturated carbocycles. The molecule has 0 amide bonds. The van der Waals surface area contributed by atoms with Crippen LogP contribution >= 0.6 is 11.6 Å². The summed E-state index contributed by atoms with van der Waals surface area (Å²) in [5, 5.41) is 11.4. The van der Waals surface area contributed by atoms with E-state index in [1.165, 1.54) is 5.56 Å².